The van der Waals surface area contributed by atoms with Crippen LogP contribution in [0.25, 0.3) is 0 Å². The molecule has 2 amide bonds. The molecule has 0 saturated carbocycles. The molecule has 29 heavy (non-hydrogen) atoms. The maximum Gasteiger partial charge on any atom is 0.267 e. The summed E-state index contributed by atoms with van der Waals surface area (Å²) in [6, 6.07) is 23.2. The third kappa shape index (κ3) is 5.68. The quantitative estimate of drug-likeness (QED) is 0.518. The van der Waals surface area contributed by atoms with Crippen LogP contribution >= 0.6 is 15.9 Å². The van der Waals surface area contributed by atoms with Crippen LogP contribution in [0.15, 0.2) is 83.3 Å². The van der Waals surface area contributed by atoms with Gasteiger partial charge in [0.05, 0.1) is 0 Å². The van der Waals surface area contributed by atoms with Crippen LogP contribution in [0.2, 0.25) is 0 Å². The summed E-state index contributed by atoms with van der Waals surface area (Å²) in [6.07, 6.45) is 0. The highest BCUT2D eigenvalue weighted by Crippen LogP contribution is 2.23. The van der Waals surface area contributed by atoms with E-state index in [1.807, 2.05) is 30.3 Å². The third-order valence-electron chi connectivity index (χ3n) is 4.17. The molecule has 0 aliphatic carbocycles. The molecule has 0 saturated heterocycles. The van der Waals surface area contributed by atoms with Gasteiger partial charge in [-0.2, -0.15) is 0 Å². The van der Waals surface area contributed by atoms with E-state index in [2.05, 4.69) is 26.6 Å². The Bertz CT molecular complexity index is 985. The predicted octanol–water partition coefficient (Wildman–Crippen LogP) is 5.50. The van der Waals surface area contributed by atoms with Gasteiger partial charge in [0, 0.05) is 21.4 Å². The van der Waals surface area contributed by atoms with Gasteiger partial charge in [0.1, 0.15) is 5.75 Å². The Kier molecular flexibility index (Phi) is 6.34. The lowest BCUT2D eigenvalue weighted by Gasteiger charge is -2.25. The van der Waals surface area contributed by atoms with Crippen LogP contribution in [0.1, 0.15) is 24.2 Å². The predicted molar refractivity (Wildman–Crippen MR) is 118 cm³/mol. The number of benzene rings is 3. The van der Waals surface area contributed by atoms with E-state index >= 15 is 0 Å². The van der Waals surface area contributed by atoms with Crippen LogP contribution in [0.3, 0.4) is 0 Å². The number of carbonyl (C=O) groups excluding carboxylic acids is 2. The number of halogens is 1. The summed E-state index contributed by atoms with van der Waals surface area (Å²) < 4.78 is 6.76. The molecule has 0 fully saturated rings. The average Bonchev–Trinajstić information content (AvgIpc) is 2.71. The molecule has 5 nitrogen and oxygen atoms in total. The number of amides is 2. The fourth-order valence-corrected chi connectivity index (χ4v) is 2.82. The molecule has 6 heteroatoms. The molecule has 0 bridgehead atoms. The maximum atomic E-state index is 12.6. The molecule has 148 valence electrons. The zero-order chi connectivity index (χ0) is 20.9. The Labute approximate surface area is 178 Å². The van der Waals surface area contributed by atoms with Crippen LogP contribution in [0, 0.1) is 0 Å². The second-order valence-electron chi connectivity index (χ2n) is 6.92. The summed E-state index contributed by atoms with van der Waals surface area (Å²) in [7, 11) is 0. The van der Waals surface area contributed by atoms with Crippen molar-refractivity contribution in [2.24, 2.45) is 0 Å². The fourth-order valence-electron chi connectivity index (χ4n) is 2.55. The smallest absolute Gasteiger partial charge is 0.267 e. The first-order valence-electron chi connectivity index (χ1n) is 9.06. The van der Waals surface area contributed by atoms with Gasteiger partial charge < -0.3 is 15.4 Å². The van der Waals surface area contributed by atoms with E-state index in [0.717, 1.165) is 4.47 Å². The Morgan fingerprint density at radius 1 is 0.793 bits per heavy atom. The number of anilines is 2. The highest BCUT2D eigenvalue weighted by Gasteiger charge is 2.30. The molecule has 3 aromatic carbocycles. The molecule has 0 atom stereocenters. The molecule has 0 aliphatic rings. The first kappa shape index (κ1) is 20.6. The van der Waals surface area contributed by atoms with Crippen molar-refractivity contribution in [2.75, 3.05) is 10.6 Å². The van der Waals surface area contributed by atoms with Crippen molar-refractivity contribution in [3.8, 4) is 5.75 Å². The van der Waals surface area contributed by atoms with Crippen molar-refractivity contribution >= 4 is 39.1 Å². The van der Waals surface area contributed by atoms with Crippen molar-refractivity contribution < 1.29 is 14.3 Å². The average molecular weight is 453 g/mol. The number of hydrogen-bond donors (Lipinski definition) is 2. The largest absolute Gasteiger partial charge is 0.478 e. The highest BCUT2D eigenvalue weighted by molar-refractivity contribution is 9.10. The van der Waals surface area contributed by atoms with E-state index in [1.54, 1.807) is 62.4 Å². The minimum atomic E-state index is -1.06. The van der Waals surface area contributed by atoms with E-state index in [4.69, 9.17) is 4.74 Å². The first-order chi connectivity index (χ1) is 13.8. The third-order valence-corrected chi connectivity index (χ3v) is 4.70. The van der Waals surface area contributed by atoms with Crippen LogP contribution in [-0.2, 0) is 4.79 Å². The van der Waals surface area contributed by atoms with Crippen molar-refractivity contribution in [3.05, 3.63) is 88.9 Å². The first-order valence-corrected chi connectivity index (χ1v) is 9.85. The Morgan fingerprint density at radius 3 is 1.93 bits per heavy atom. The Hall–Kier alpha value is -3.12. The molecule has 3 rings (SSSR count). The number of rotatable bonds is 6. The highest BCUT2D eigenvalue weighted by atomic mass is 79.9. The molecular formula is C23H21BrN2O3. The Balaban J connectivity index is 1.60. The molecule has 0 spiro atoms. The summed E-state index contributed by atoms with van der Waals surface area (Å²) in [5.74, 6) is 0.139. The maximum absolute atomic E-state index is 12.6. The lowest BCUT2D eigenvalue weighted by Crippen LogP contribution is -2.42. The van der Waals surface area contributed by atoms with Crippen molar-refractivity contribution in [1.29, 1.82) is 0 Å². The normalized spacial score (nSPS) is 10.9. The summed E-state index contributed by atoms with van der Waals surface area (Å²) in [6.45, 7) is 3.41. The van der Waals surface area contributed by atoms with Crippen LogP contribution in [0.4, 0.5) is 11.4 Å². The molecule has 3 aromatic rings. The van der Waals surface area contributed by atoms with Crippen LogP contribution < -0.4 is 15.4 Å². The van der Waals surface area contributed by atoms with Gasteiger partial charge in [-0.05, 0) is 74.5 Å². The second-order valence-corrected chi connectivity index (χ2v) is 7.83. The fraction of sp³-hybridized carbons (Fsp3) is 0.130. The van der Waals surface area contributed by atoms with E-state index in [9.17, 15) is 9.59 Å². The van der Waals surface area contributed by atoms with Crippen molar-refractivity contribution in [1.82, 2.24) is 0 Å². The molecule has 2 N–H and O–H groups in total. The molecule has 0 aromatic heterocycles. The number of nitrogens with one attached hydrogen (secondary N) is 2. The molecule has 0 heterocycles. The van der Waals surface area contributed by atoms with E-state index in [0.29, 0.717) is 22.7 Å². The van der Waals surface area contributed by atoms with Gasteiger partial charge in [0.2, 0.25) is 0 Å². The standard InChI is InChI=1S/C23H21BrN2O3/c1-23(2,29-20-14-8-17(24)9-15-20)22(28)26-19-12-10-18(11-13-19)25-21(27)16-6-4-3-5-7-16/h3-15H,1-2H3,(H,25,27)(H,26,28). The molecule has 0 aliphatic heterocycles. The van der Waals surface area contributed by atoms with E-state index < -0.39 is 5.60 Å². The summed E-state index contributed by atoms with van der Waals surface area (Å²) >= 11 is 3.37. The zero-order valence-corrected chi connectivity index (χ0v) is 17.7. The summed E-state index contributed by atoms with van der Waals surface area (Å²) in [5, 5.41) is 5.67. The zero-order valence-electron chi connectivity index (χ0n) is 16.1. The molecule has 0 unspecified atom stereocenters. The van der Waals surface area contributed by atoms with Crippen molar-refractivity contribution in [3.63, 3.8) is 0 Å². The van der Waals surface area contributed by atoms with Gasteiger partial charge in [0.15, 0.2) is 5.60 Å². The minimum absolute atomic E-state index is 0.189. The second kappa shape index (κ2) is 8.92. The van der Waals surface area contributed by atoms with Crippen LogP contribution in [0.5, 0.6) is 5.75 Å². The molecule has 0 radical (unpaired) electrons. The van der Waals surface area contributed by atoms with E-state index in [1.165, 1.54) is 0 Å². The number of carbonyl (C=O) groups is 2. The summed E-state index contributed by atoms with van der Waals surface area (Å²) in [5.41, 5.74) is 0.771. The topological polar surface area (TPSA) is 67.4 Å². The number of hydrogen-bond acceptors (Lipinski definition) is 3. The summed E-state index contributed by atoms with van der Waals surface area (Å²) in [4.78, 5) is 24.8. The van der Waals surface area contributed by atoms with E-state index in [-0.39, 0.29) is 11.8 Å². The number of ether oxygens (including phenoxy) is 1. The Morgan fingerprint density at radius 2 is 1.34 bits per heavy atom. The van der Waals surface area contributed by atoms with Gasteiger partial charge >= 0.3 is 0 Å². The minimum Gasteiger partial charge on any atom is -0.478 e. The van der Waals surface area contributed by atoms with Gasteiger partial charge in [-0.15, -0.1) is 0 Å². The van der Waals surface area contributed by atoms with Gasteiger partial charge in [-0.1, -0.05) is 34.1 Å². The monoisotopic (exact) mass is 452 g/mol. The SMILES string of the molecule is CC(C)(Oc1ccc(Br)cc1)C(=O)Nc1ccc(NC(=O)c2ccccc2)cc1. The van der Waals surface area contributed by atoms with Crippen LogP contribution in [-0.4, -0.2) is 17.4 Å². The van der Waals surface area contributed by atoms with Gasteiger partial charge in [-0.25, -0.2) is 0 Å². The molecular weight excluding hydrogens is 432 g/mol. The van der Waals surface area contributed by atoms with Crippen molar-refractivity contribution in [2.45, 2.75) is 19.4 Å². The lowest BCUT2D eigenvalue weighted by atomic mass is 10.1. The van der Waals surface area contributed by atoms with Gasteiger partial charge in [-0.3, -0.25) is 9.59 Å². The van der Waals surface area contributed by atoms with Gasteiger partial charge in [0.25, 0.3) is 11.8 Å². The lowest BCUT2D eigenvalue weighted by molar-refractivity contribution is -0.128.